The Labute approximate surface area is 190 Å². The van der Waals surface area contributed by atoms with Crippen molar-refractivity contribution in [3.63, 3.8) is 0 Å². The number of halogens is 3. The van der Waals surface area contributed by atoms with Gasteiger partial charge >= 0.3 is 6.18 Å². The molecule has 3 heterocycles. The third-order valence-electron chi connectivity index (χ3n) is 5.63. The average Bonchev–Trinajstić information content (AvgIpc) is 3.30. The monoisotopic (exact) mass is 467 g/mol. The van der Waals surface area contributed by atoms with Crippen molar-refractivity contribution in [1.29, 1.82) is 0 Å². The van der Waals surface area contributed by atoms with Gasteiger partial charge in [0.1, 0.15) is 18.4 Å². The van der Waals surface area contributed by atoms with E-state index in [4.69, 9.17) is 4.84 Å². The molecule has 1 aromatic heterocycles. The summed E-state index contributed by atoms with van der Waals surface area (Å²) in [4.78, 5) is 22.8. The van der Waals surface area contributed by atoms with Crippen LogP contribution in [0.2, 0.25) is 0 Å². The number of anilines is 1. The Morgan fingerprint density at radius 2 is 2.03 bits per heavy atom. The SMILES string of the molecule is CC(C)CN1CN(C)Cc2c1nn(Cc1ccccc1C(F)(F)F)c2C(=O)N1C[C@H](O)CO1. The number of aliphatic hydroxyl groups is 1. The van der Waals surface area contributed by atoms with Gasteiger partial charge in [0.25, 0.3) is 5.91 Å². The van der Waals surface area contributed by atoms with Gasteiger partial charge in [-0.05, 0) is 24.6 Å². The van der Waals surface area contributed by atoms with Gasteiger partial charge < -0.3 is 10.0 Å². The Bertz CT molecular complexity index is 1020. The molecule has 0 bridgehead atoms. The molecule has 180 valence electrons. The minimum atomic E-state index is -4.53. The molecular weight excluding hydrogens is 439 g/mol. The number of carbonyl (C=O) groups excluding carboxylic acids is 1. The van der Waals surface area contributed by atoms with Crippen molar-refractivity contribution in [3.8, 4) is 0 Å². The highest BCUT2D eigenvalue weighted by Gasteiger charge is 2.38. The molecule has 0 aliphatic carbocycles. The summed E-state index contributed by atoms with van der Waals surface area (Å²) in [5, 5.41) is 15.5. The molecule has 0 radical (unpaired) electrons. The van der Waals surface area contributed by atoms with Gasteiger partial charge in [-0.3, -0.25) is 19.2 Å². The molecule has 0 spiro atoms. The summed E-state index contributed by atoms with van der Waals surface area (Å²) < 4.78 is 42.2. The Hall–Kier alpha value is -2.63. The van der Waals surface area contributed by atoms with Crippen molar-refractivity contribution in [1.82, 2.24) is 19.7 Å². The Balaban J connectivity index is 1.81. The highest BCUT2D eigenvalue weighted by molar-refractivity contribution is 5.95. The fraction of sp³-hybridized carbons (Fsp3) is 0.545. The van der Waals surface area contributed by atoms with Crippen LogP contribution >= 0.6 is 0 Å². The summed E-state index contributed by atoms with van der Waals surface area (Å²) in [5.41, 5.74) is 0.0752. The largest absolute Gasteiger partial charge is 0.416 e. The van der Waals surface area contributed by atoms with Crippen molar-refractivity contribution in [2.24, 2.45) is 5.92 Å². The van der Waals surface area contributed by atoms with E-state index in [1.54, 1.807) is 0 Å². The van der Waals surface area contributed by atoms with Crippen LogP contribution in [0.15, 0.2) is 24.3 Å². The van der Waals surface area contributed by atoms with Gasteiger partial charge in [0, 0.05) is 18.7 Å². The average molecular weight is 467 g/mol. The van der Waals surface area contributed by atoms with Crippen molar-refractivity contribution in [2.75, 3.05) is 38.3 Å². The molecule has 2 aliphatic heterocycles. The number of benzene rings is 1. The van der Waals surface area contributed by atoms with Crippen molar-refractivity contribution < 1.29 is 27.9 Å². The number of hydrogen-bond acceptors (Lipinski definition) is 6. The zero-order valence-electron chi connectivity index (χ0n) is 18.8. The Morgan fingerprint density at radius 1 is 1.30 bits per heavy atom. The summed E-state index contributed by atoms with van der Waals surface area (Å²) >= 11 is 0. The molecule has 33 heavy (non-hydrogen) atoms. The second kappa shape index (κ2) is 8.96. The molecule has 2 aliphatic rings. The maximum absolute atomic E-state index is 13.6. The molecule has 1 fully saturated rings. The Morgan fingerprint density at radius 3 is 2.67 bits per heavy atom. The van der Waals surface area contributed by atoms with E-state index < -0.39 is 23.8 Å². The minimum Gasteiger partial charge on any atom is -0.389 e. The minimum absolute atomic E-state index is 0.0104. The van der Waals surface area contributed by atoms with Gasteiger partial charge in [-0.25, -0.2) is 5.06 Å². The van der Waals surface area contributed by atoms with Gasteiger partial charge in [0.2, 0.25) is 0 Å². The molecule has 1 N–H and O–H groups in total. The number of hydroxylamine groups is 2. The van der Waals surface area contributed by atoms with E-state index in [9.17, 15) is 23.1 Å². The van der Waals surface area contributed by atoms with E-state index in [1.807, 2.05) is 16.8 Å². The quantitative estimate of drug-likeness (QED) is 0.729. The van der Waals surface area contributed by atoms with Crippen LogP contribution in [0, 0.1) is 5.92 Å². The van der Waals surface area contributed by atoms with Crippen LogP contribution in [0.3, 0.4) is 0 Å². The van der Waals surface area contributed by atoms with Gasteiger partial charge in [-0.1, -0.05) is 32.0 Å². The van der Waals surface area contributed by atoms with Crippen LogP contribution in [-0.4, -0.2) is 70.3 Å². The van der Waals surface area contributed by atoms with Crippen molar-refractivity contribution in [2.45, 2.75) is 39.2 Å². The predicted molar refractivity (Wildman–Crippen MR) is 114 cm³/mol. The lowest BCUT2D eigenvalue weighted by Gasteiger charge is -2.34. The maximum Gasteiger partial charge on any atom is 0.416 e. The molecule has 1 amide bonds. The molecular formula is C22H28F3N5O3. The second-order valence-electron chi connectivity index (χ2n) is 9.05. The van der Waals surface area contributed by atoms with E-state index >= 15 is 0 Å². The lowest BCUT2D eigenvalue weighted by Crippen LogP contribution is -2.42. The summed E-state index contributed by atoms with van der Waals surface area (Å²) in [6.07, 6.45) is -5.34. The molecule has 0 saturated carbocycles. The summed E-state index contributed by atoms with van der Waals surface area (Å²) in [6.45, 7) is 5.57. The first-order valence-electron chi connectivity index (χ1n) is 10.9. The second-order valence-corrected chi connectivity index (χ2v) is 9.05. The Kier molecular flexibility index (Phi) is 6.39. The van der Waals surface area contributed by atoms with Crippen LogP contribution in [0.4, 0.5) is 19.0 Å². The first-order valence-corrected chi connectivity index (χ1v) is 10.9. The van der Waals surface area contributed by atoms with E-state index in [1.165, 1.54) is 22.9 Å². The lowest BCUT2D eigenvalue weighted by atomic mass is 10.1. The number of hydrogen-bond donors (Lipinski definition) is 1. The molecule has 2 aromatic rings. The fourth-order valence-electron chi connectivity index (χ4n) is 4.33. The van der Waals surface area contributed by atoms with E-state index in [-0.39, 0.29) is 31.0 Å². The topological polar surface area (TPSA) is 74.1 Å². The summed E-state index contributed by atoms with van der Waals surface area (Å²) in [5.74, 6) is 0.385. The third-order valence-corrected chi connectivity index (χ3v) is 5.63. The molecule has 8 nitrogen and oxygen atoms in total. The number of amides is 1. The number of β-amino-alcohol motifs (C(OH)–C–C–N with tert-alkyl or cyclic N) is 1. The standard InChI is InChI=1S/C22H28F3N5O3/c1-14(2)8-28-13-27(3)11-17-19(21(32)30-10-16(31)12-33-30)29(26-20(17)28)9-15-6-4-5-7-18(15)22(23,24)25/h4-7,14,16,31H,8-13H2,1-3H3/t16-/m0/s1. The van der Waals surface area contributed by atoms with E-state index in [0.717, 1.165) is 11.1 Å². The number of nitrogens with zero attached hydrogens (tertiary/aromatic N) is 5. The predicted octanol–water partition coefficient (Wildman–Crippen LogP) is 2.56. The van der Waals surface area contributed by atoms with Crippen LogP contribution in [0.25, 0.3) is 0 Å². The number of alkyl halides is 3. The van der Waals surface area contributed by atoms with Gasteiger partial charge in [0.15, 0.2) is 5.82 Å². The number of aromatic nitrogens is 2. The van der Waals surface area contributed by atoms with Crippen LogP contribution in [-0.2, 0) is 24.1 Å². The third kappa shape index (κ3) is 4.85. The summed E-state index contributed by atoms with van der Waals surface area (Å²) in [6, 6.07) is 5.30. The van der Waals surface area contributed by atoms with Gasteiger partial charge in [-0.2, -0.15) is 18.3 Å². The summed E-state index contributed by atoms with van der Waals surface area (Å²) in [7, 11) is 1.91. The first kappa shape index (κ1) is 23.5. The fourth-order valence-corrected chi connectivity index (χ4v) is 4.33. The maximum atomic E-state index is 13.6. The van der Waals surface area contributed by atoms with Crippen LogP contribution in [0.5, 0.6) is 0 Å². The molecule has 1 saturated heterocycles. The van der Waals surface area contributed by atoms with Crippen LogP contribution in [0.1, 0.15) is 41.0 Å². The van der Waals surface area contributed by atoms with E-state index in [2.05, 4.69) is 18.9 Å². The van der Waals surface area contributed by atoms with E-state index in [0.29, 0.717) is 37.1 Å². The number of rotatable bonds is 5. The molecule has 1 atom stereocenters. The zero-order chi connectivity index (χ0) is 23.9. The highest BCUT2D eigenvalue weighted by Crippen LogP contribution is 2.35. The molecule has 0 unspecified atom stereocenters. The van der Waals surface area contributed by atoms with Crippen molar-refractivity contribution in [3.05, 3.63) is 46.6 Å². The number of fused-ring (bicyclic) bond motifs is 1. The normalized spacial score (nSPS) is 19.5. The molecule has 4 rings (SSSR count). The smallest absolute Gasteiger partial charge is 0.389 e. The number of carbonyl (C=O) groups is 1. The number of aliphatic hydroxyl groups excluding tert-OH is 1. The van der Waals surface area contributed by atoms with Gasteiger partial charge in [-0.15, -0.1) is 0 Å². The van der Waals surface area contributed by atoms with Crippen molar-refractivity contribution >= 4 is 11.7 Å². The first-order chi connectivity index (χ1) is 15.5. The highest BCUT2D eigenvalue weighted by atomic mass is 19.4. The van der Waals surface area contributed by atoms with Crippen LogP contribution < -0.4 is 4.90 Å². The zero-order valence-corrected chi connectivity index (χ0v) is 18.8. The molecule has 1 aromatic carbocycles. The van der Waals surface area contributed by atoms with Gasteiger partial charge in [0.05, 0.1) is 25.3 Å². The lowest BCUT2D eigenvalue weighted by molar-refractivity contribution is -0.138. The molecule has 11 heteroatoms.